The van der Waals surface area contributed by atoms with Crippen molar-refractivity contribution in [2.24, 2.45) is 0 Å². The molecule has 1 aliphatic heterocycles. The molecule has 0 bridgehead atoms. The van der Waals surface area contributed by atoms with E-state index in [1.54, 1.807) is 24.3 Å². The summed E-state index contributed by atoms with van der Waals surface area (Å²) in [6, 6.07) is 10.4. The summed E-state index contributed by atoms with van der Waals surface area (Å²) >= 11 is 1.16. The zero-order valence-corrected chi connectivity index (χ0v) is 17.2. The van der Waals surface area contributed by atoms with Gasteiger partial charge in [-0.05, 0) is 43.5 Å². The predicted molar refractivity (Wildman–Crippen MR) is 108 cm³/mol. The predicted octanol–water partition coefficient (Wildman–Crippen LogP) is 1.89. The van der Waals surface area contributed by atoms with E-state index in [1.165, 1.54) is 4.31 Å². The van der Waals surface area contributed by atoms with Crippen molar-refractivity contribution in [3.05, 3.63) is 52.4 Å². The highest BCUT2D eigenvalue weighted by Crippen LogP contribution is 2.27. The molecule has 2 heterocycles. The van der Waals surface area contributed by atoms with Crippen LogP contribution in [0.3, 0.4) is 0 Å². The van der Waals surface area contributed by atoms with E-state index in [-0.39, 0.29) is 24.9 Å². The number of benzene rings is 1. The van der Waals surface area contributed by atoms with Crippen molar-refractivity contribution in [2.45, 2.75) is 30.5 Å². The van der Waals surface area contributed by atoms with Crippen molar-refractivity contribution in [3.63, 3.8) is 0 Å². The van der Waals surface area contributed by atoms with Gasteiger partial charge in [-0.25, -0.2) is 8.42 Å². The van der Waals surface area contributed by atoms with Crippen LogP contribution in [0.2, 0.25) is 0 Å². The molecule has 1 saturated heterocycles. The van der Waals surface area contributed by atoms with Crippen molar-refractivity contribution in [1.29, 1.82) is 0 Å². The molecular formula is C19H23N3O4S2. The topological polar surface area (TPSA) is 95.6 Å². The minimum Gasteiger partial charge on any atom is -0.350 e. The second-order valence-electron chi connectivity index (χ2n) is 6.61. The molecule has 0 atom stereocenters. The minimum absolute atomic E-state index is 0.141. The molecular weight excluding hydrogens is 398 g/mol. The summed E-state index contributed by atoms with van der Waals surface area (Å²) < 4.78 is 26.9. The number of aryl methyl sites for hydroxylation is 1. The average Bonchev–Trinajstić information content (AvgIpc) is 3.37. The third kappa shape index (κ3) is 4.78. The van der Waals surface area contributed by atoms with E-state index in [1.807, 2.05) is 19.1 Å². The van der Waals surface area contributed by atoms with Crippen LogP contribution in [0.5, 0.6) is 0 Å². The van der Waals surface area contributed by atoms with Gasteiger partial charge in [-0.2, -0.15) is 4.31 Å². The van der Waals surface area contributed by atoms with Gasteiger partial charge in [0.05, 0.1) is 13.1 Å². The van der Waals surface area contributed by atoms with Crippen molar-refractivity contribution in [2.75, 3.05) is 19.6 Å². The largest absolute Gasteiger partial charge is 0.350 e. The van der Waals surface area contributed by atoms with E-state index in [2.05, 4.69) is 10.6 Å². The summed E-state index contributed by atoms with van der Waals surface area (Å²) in [7, 11) is -3.43. The van der Waals surface area contributed by atoms with Gasteiger partial charge < -0.3 is 10.6 Å². The Morgan fingerprint density at radius 1 is 1.07 bits per heavy atom. The molecule has 2 aromatic rings. The van der Waals surface area contributed by atoms with Crippen molar-refractivity contribution in [1.82, 2.24) is 14.9 Å². The van der Waals surface area contributed by atoms with Gasteiger partial charge in [-0.3, -0.25) is 9.59 Å². The zero-order valence-electron chi connectivity index (χ0n) is 15.6. The van der Waals surface area contributed by atoms with Crippen LogP contribution in [-0.2, 0) is 21.4 Å². The normalized spacial score (nSPS) is 14.8. The summed E-state index contributed by atoms with van der Waals surface area (Å²) in [5.74, 6) is -0.636. The summed E-state index contributed by atoms with van der Waals surface area (Å²) in [6.45, 7) is 3.04. The smallest absolute Gasteiger partial charge is 0.252 e. The van der Waals surface area contributed by atoms with Gasteiger partial charge in [0.25, 0.3) is 15.9 Å². The van der Waals surface area contributed by atoms with Gasteiger partial charge in [0.1, 0.15) is 4.21 Å². The summed E-state index contributed by atoms with van der Waals surface area (Å²) in [5, 5.41) is 5.30. The lowest BCUT2D eigenvalue weighted by molar-refractivity contribution is -0.120. The first-order chi connectivity index (χ1) is 13.4. The van der Waals surface area contributed by atoms with Crippen LogP contribution in [0.25, 0.3) is 0 Å². The number of nitrogens with one attached hydrogen (secondary N) is 2. The first-order valence-corrected chi connectivity index (χ1v) is 11.3. The number of carbonyl (C=O) groups excluding carboxylic acids is 2. The Hall–Kier alpha value is -2.23. The van der Waals surface area contributed by atoms with Crippen LogP contribution in [0.15, 0.2) is 40.6 Å². The Bertz CT molecular complexity index is 963. The minimum atomic E-state index is -3.43. The van der Waals surface area contributed by atoms with Crippen LogP contribution in [0.4, 0.5) is 0 Å². The zero-order chi connectivity index (χ0) is 20.1. The van der Waals surface area contributed by atoms with E-state index < -0.39 is 10.0 Å². The lowest BCUT2D eigenvalue weighted by Gasteiger charge is -2.13. The molecule has 1 fully saturated rings. The maximum Gasteiger partial charge on any atom is 0.252 e. The molecule has 0 radical (unpaired) electrons. The molecule has 1 aliphatic rings. The SMILES string of the molecule is Cc1ccccc1C(=O)NCC(=O)NCc1ccc(S(=O)(=O)N2CCCC2)s1. The maximum absolute atomic E-state index is 12.5. The van der Waals surface area contributed by atoms with E-state index in [4.69, 9.17) is 0 Å². The molecule has 2 amide bonds. The van der Waals surface area contributed by atoms with Crippen LogP contribution in [0.1, 0.15) is 33.6 Å². The van der Waals surface area contributed by atoms with Crippen LogP contribution < -0.4 is 10.6 Å². The first kappa shape index (κ1) is 20.5. The third-order valence-corrected chi connectivity index (χ3v) is 8.01. The maximum atomic E-state index is 12.5. The van der Waals surface area contributed by atoms with E-state index >= 15 is 0 Å². The Morgan fingerprint density at radius 2 is 1.79 bits per heavy atom. The molecule has 0 spiro atoms. The van der Waals surface area contributed by atoms with Gasteiger partial charge in [0.15, 0.2) is 0 Å². The summed E-state index contributed by atoms with van der Waals surface area (Å²) in [4.78, 5) is 24.9. The number of carbonyl (C=O) groups is 2. The Morgan fingerprint density at radius 3 is 2.50 bits per heavy atom. The number of hydrogen-bond acceptors (Lipinski definition) is 5. The highest BCUT2D eigenvalue weighted by Gasteiger charge is 2.28. The Labute approximate surface area is 168 Å². The molecule has 1 aromatic heterocycles. The van der Waals surface area contributed by atoms with Crippen LogP contribution in [-0.4, -0.2) is 44.2 Å². The first-order valence-electron chi connectivity index (χ1n) is 9.07. The van der Waals surface area contributed by atoms with Gasteiger partial charge in [-0.15, -0.1) is 11.3 Å². The molecule has 9 heteroatoms. The second kappa shape index (κ2) is 8.85. The molecule has 0 saturated carbocycles. The highest BCUT2D eigenvalue weighted by molar-refractivity contribution is 7.91. The Kier molecular flexibility index (Phi) is 6.48. The third-order valence-electron chi connectivity index (χ3n) is 4.56. The Balaban J connectivity index is 1.49. The lowest BCUT2D eigenvalue weighted by atomic mass is 10.1. The van der Waals surface area contributed by atoms with Gasteiger partial charge in [0, 0.05) is 23.5 Å². The van der Waals surface area contributed by atoms with E-state index in [0.717, 1.165) is 34.6 Å². The monoisotopic (exact) mass is 421 g/mol. The van der Waals surface area contributed by atoms with Gasteiger partial charge >= 0.3 is 0 Å². The van der Waals surface area contributed by atoms with Crippen LogP contribution in [0, 0.1) is 6.92 Å². The number of sulfonamides is 1. The molecule has 0 aliphatic carbocycles. The molecule has 0 unspecified atom stereocenters. The average molecular weight is 422 g/mol. The molecule has 2 N–H and O–H groups in total. The van der Waals surface area contributed by atoms with Gasteiger partial charge in [0.2, 0.25) is 5.91 Å². The quantitative estimate of drug-likeness (QED) is 0.714. The highest BCUT2D eigenvalue weighted by atomic mass is 32.2. The fraction of sp³-hybridized carbons (Fsp3) is 0.368. The summed E-state index contributed by atoms with van der Waals surface area (Å²) in [6.07, 6.45) is 1.78. The number of hydrogen-bond donors (Lipinski definition) is 2. The lowest BCUT2D eigenvalue weighted by Crippen LogP contribution is -2.36. The fourth-order valence-electron chi connectivity index (χ4n) is 2.98. The summed E-state index contributed by atoms with van der Waals surface area (Å²) in [5.41, 5.74) is 1.37. The van der Waals surface area contributed by atoms with Crippen LogP contribution >= 0.6 is 11.3 Å². The number of rotatable bonds is 7. The van der Waals surface area contributed by atoms with Crippen molar-refractivity contribution >= 4 is 33.2 Å². The fourth-order valence-corrected chi connectivity index (χ4v) is 5.95. The van der Waals surface area contributed by atoms with E-state index in [0.29, 0.717) is 22.9 Å². The number of amides is 2. The van der Waals surface area contributed by atoms with Crippen molar-refractivity contribution in [3.8, 4) is 0 Å². The van der Waals surface area contributed by atoms with Gasteiger partial charge in [-0.1, -0.05) is 18.2 Å². The van der Waals surface area contributed by atoms with Crippen molar-refractivity contribution < 1.29 is 18.0 Å². The molecule has 150 valence electrons. The molecule has 28 heavy (non-hydrogen) atoms. The second-order valence-corrected chi connectivity index (χ2v) is 9.94. The molecule has 1 aromatic carbocycles. The number of thiophene rings is 1. The standard InChI is InChI=1S/C19H23N3O4S2/c1-14-6-2-3-7-16(14)19(24)21-13-17(23)20-12-15-8-9-18(27-15)28(25,26)22-10-4-5-11-22/h2-3,6-9H,4-5,10-13H2,1H3,(H,20,23)(H,21,24). The molecule has 3 rings (SSSR count). The van der Waals surface area contributed by atoms with E-state index in [9.17, 15) is 18.0 Å². The number of nitrogens with zero attached hydrogens (tertiary/aromatic N) is 1. The molecule has 7 nitrogen and oxygen atoms in total.